The molecule has 0 radical (unpaired) electrons. The Morgan fingerprint density at radius 2 is 1.80 bits per heavy atom. The van der Waals surface area contributed by atoms with Crippen LogP contribution in [0.3, 0.4) is 0 Å². The van der Waals surface area contributed by atoms with Crippen LogP contribution in [0.2, 0.25) is 0 Å². The molecule has 4 aliphatic rings. The number of hydrogen-bond donors (Lipinski definition) is 2. The first-order valence-electron chi connectivity index (χ1n) is 19.2. The Morgan fingerprint density at radius 3 is 2.53 bits per heavy atom. The number of carbonyl (C=O) groups is 1. The number of ether oxygens (including phenoxy) is 1. The van der Waals surface area contributed by atoms with Gasteiger partial charge in [0.2, 0.25) is 0 Å². The number of fused-ring (bicyclic) bond motifs is 5. The summed E-state index contributed by atoms with van der Waals surface area (Å²) in [4.78, 5) is 22.6. The quantitative estimate of drug-likeness (QED) is 0.0821. The van der Waals surface area contributed by atoms with Gasteiger partial charge in [-0.3, -0.25) is 9.05 Å². The summed E-state index contributed by atoms with van der Waals surface area (Å²) in [6, 6.07) is 5.66. The predicted octanol–water partition coefficient (Wildman–Crippen LogP) is 9.05. The van der Waals surface area contributed by atoms with E-state index in [4.69, 9.17) is 13.8 Å². The minimum Gasteiger partial charge on any atom is -0.446 e. The maximum absolute atomic E-state index is 12.7. The summed E-state index contributed by atoms with van der Waals surface area (Å²) < 4.78 is 30.0. The molecule has 2 N–H and O–H groups in total. The van der Waals surface area contributed by atoms with Crippen molar-refractivity contribution in [2.45, 2.75) is 118 Å². The molecule has 10 atom stereocenters. The fraction of sp³-hybridized carbons (Fsp3) is 0.750. The molecule has 5 rings (SSSR count). The van der Waals surface area contributed by atoms with Crippen LogP contribution >= 0.6 is 7.82 Å². The van der Waals surface area contributed by atoms with Crippen molar-refractivity contribution in [3.05, 3.63) is 54.4 Å². The molecule has 8 nitrogen and oxygen atoms in total. The van der Waals surface area contributed by atoms with Gasteiger partial charge < -0.3 is 14.9 Å². The molecule has 0 spiro atoms. The van der Waals surface area contributed by atoms with Crippen molar-refractivity contribution < 1.29 is 32.6 Å². The molecule has 3 fully saturated rings. The molecule has 0 aliphatic heterocycles. The van der Waals surface area contributed by atoms with Gasteiger partial charge in [-0.2, -0.15) is 0 Å². The number of phosphoric acid groups is 1. The first kappa shape index (κ1) is 38.2. The molecular weight excluding hydrogens is 635 g/mol. The van der Waals surface area contributed by atoms with Crippen LogP contribution in [0.1, 0.15) is 106 Å². The lowest BCUT2D eigenvalue weighted by molar-refractivity contribution is -0.697. The van der Waals surface area contributed by atoms with Crippen molar-refractivity contribution in [3.63, 3.8) is 0 Å². The zero-order chi connectivity index (χ0) is 35.2. The summed E-state index contributed by atoms with van der Waals surface area (Å²) in [6.45, 7) is 15.4. The minimum absolute atomic E-state index is 0.00236. The Bertz CT molecular complexity index is 1350. The monoisotopic (exact) mass is 699 g/mol. The summed E-state index contributed by atoms with van der Waals surface area (Å²) in [7, 11) is -4.15. The topological polar surface area (TPSA) is 98.0 Å². The van der Waals surface area contributed by atoms with Crippen LogP contribution < -0.4 is 9.88 Å². The number of phosphoric ester groups is 1. The second kappa shape index (κ2) is 16.6. The molecular formula is C40H64N2O6P+. The highest BCUT2D eigenvalue weighted by molar-refractivity contribution is 7.47. The van der Waals surface area contributed by atoms with Crippen LogP contribution in [0.4, 0.5) is 4.79 Å². The fourth-order valence-electron chi connectivity index (χ4n) is 10.4. The molecule has 0 saturated heterocycles. The number of rotatable bonds is 15. The summed E-state index contributed by atoms with van der Waals surface area (Å²) in [5.74, 6) is 5.08. The SMILES string of the molecule is CC[C@H](/C=C/[C@@H](C)[C@H]1CCC2C3CC=C4C[C@@H](OC(=O)NCCCOP(=O)(O)OCC[n+]5ccccc5)CC[C@]4(C)C3CC[C@@]21C)C(C)C. The zero-order valence-electron chi connectivity index (χ0n) is 31.0. The molecule has 1 aromatic rings. The lowest BCUT2D eigenvalue weighted by Gasteiger charge is -2.58. The number of nitrogens with one attached hydrogen (secondary N) is 1. The van der Waals surface area contributed by atoms with Crippen LogP contribution in [-0.2, 0) is 24.9 Å². The number of allylic oxidation sites excluding steroid dienone is 3. The molecule has 0 bridgehead atoms. The Labute approximate surface area is 296 Å². The number of aromatic nitrogens is 1. The van der Waals surface area contributed by atoms with E-state index in [1.165, 1.54) is 44.1 Å². The lowest BCUT2D eigenvalue weighted by Crippen LogP contribution is -2.51. The van der Waals surface area contributed by atoms with Crippen LogP contribution in [0.15, 0.2) is 54.4 Å². The molecule has 3 saturated carbocycles. The minimum atomic E-state index is -4.15. The van der Waals surface area contributed by atoms with Crippen molar-refractivity contribution in [2.75, 3.05) is 19.8 Å². The second-order valence-electron chi connectivity index (χ2n) is 16.3. The number of alkyl carbamates (subject to hydrolysis) is 1. The van der Waals surface area contributed by atoms with E-state index in [1.807, 2.05) is 35.2 Å². The lowest BCUT2D eigenvalue weighted by atomic mass is 9.47. The fourth-order valence-corrected chi connectivity index (χ4v) is 11.2. The van der Waals surface area contributed by atoms with E-state index >= 15 is 0 Å². The highest BCUT2D eigenvalue weighted by Crippen LogP contribution is 2.67. The van der Waals surface area contributed by atoms with Crippen LogP contribution in [0.25, 0.3) is 0 Å². The first-order valence-corrected chi connectivity index (χ1v) is 20.7. The second-order valence-corrected chi connectivity index (χ2v) is 17.8. The van der Waals surface area contributed by atoms with Gasteiger partial charge in [0.15, 0.2) is 18.9 Å². The van der Waals surface area contributed by atoms with Gasteiger partial charge in [0, 0.05) is 25.1 Å². The van der Waals surface area contributed by atoms with E-state index in [2.05, 4.69) is 65.1 Å². The van der Waals surface area contributed by atoms with Gasteiger partial charge in [0.25, 0.3) is 0 Å². The van der Waals surface area contributed by atoms with E-state index in [1.54, 1.807) is 0 Å². The molecule has 4 unspecified atom stereocenters. The summed E-state index contributed by atoms with van der Waals surface area (Å²) in [6.07, 6.45) is 21.7. The molecule has 49 heavy (non-hydrogen) atoms. The number of nitrogens with zero attached hydrogens (tertiary/aromatic N) is 1. The number of hydrogen-bond acceptors (Lipinski definition) is 5. The largest absolute Gasteiger partial charge is 0.472 e. The van der Waals surface area contributed by atoms with Gasteiger partial charge in [-0.15, -0.1) is 0 Å². The van der Waals surface area contributed by atoms with Gasteiger partial charge >= 0.3 is 13.9 Å². The summed E-state index contributed by atoms with van der Waals surface area (Å²) in [5.41, 5.74) is 2.13. The third-order valence-corrected chi connectivity index (χ3v) is 14.3. The van der Waals surface area contributed by atoms with Gasteiger partial charge in [0.1, 0.15) is 12.7 Å². The normalized spacial score (nSPS) is 33.6. The number of amides is 1. The van der Waals surface area contributed by atoms with Crippen LogP contribution in [0.5, 0.6) is 0 Å². The Balaban J connectivity index is 1.05. The van der Waals surface area contributed by atoms with E-state index < -0.39 is 13.9 Å². The smallest absolute Gasteiger partial charge is 0.446 e. The Kier molecular flexibility index (Phi) is 12.9. The molecule has 1 heterocycles. The molecule has 274 valence electrons. The van der Waals surface area contributed by atoms with E-state index in [-0.39, 0.29) is 24.7 Å². The molecule has 1 amide bonds. The summed E-state index contributed by atoms with van der Waals surface area (Å²) in [5, 5.41) is 2.79. The van der Waals surface area contributed by atoms with E-state index in [0.29, 0.717) is 42.7 Å². The van der Waals surface area contributed by atoms with Gasteiger partial charge in [0.05, 0.1) is 6.61 Å². The highest BCUT2D eigenvalue weighted by atomic mass is 31.2. The molecule has 4 aliphatic carbocycles. The molecule has 1 aromatic heterocycles. The van der Waals surface area contributed by atoms with Crippen molar-refractivity contribution in [1.82, 2.24) is 5.32 Å². The van der Waals surface area contributed by atoms with Crippen molar-refractivity contribution in [3.8, 4) is 0 Å². The maximum atomic E-state index is 12.7. The van der Waals surface area contributed by atoms with E-state index in [9.17, 15) is 14.3 Å². The number of carbonyl (C=O) groups excluding carboxylic acids is 1. The highest BCUT2D eigenvalue weighted by Gasteiger charge is 2.59. The van der Waals surface area contributed by atoms with E-state index in [0.717, 1.165) is 42.9 Å². The number of pyridine rings is 1. The average molecular weight is 700 g/mol. The van der Waals surface area contributed by atoms with Gasteiger partial charge in [-0.1, -0.05) is 71.4 Å². The predicted molar refractivity (Wildman–Crippen MR) is 193 cm³/mol. The van der Waals surface area contributed by atoms with Gasteiger partial charge in [-0.05, 0) is 110 Å². The van der Waals surface area contributed by atoms with Crippen LogP contribution in [-0.4, -0.2) is 36.8 Å². The third-order valence-electron chi connectivity index (χ3n) is 13.3. The Hall–Kier alpha value is -1.99. The van der Waals surface area contributed by atoms with Crippen molar-refractivity contribution in [2.24, 2.45) is 52.3 Å². The zero-order valence-corrected chi connectivity index (χ0v) is 31.9. The first-order chi connectivity index (χ1) is 23.4. The molecule has 0 aromatic carbocycles. The summed E-state index contributed by atoms with van der Waals surface area (Å²) >= 11 is 0. The standard InChI is InChI=1S/C40H63N2O6P/c1-7-31(29(2)3)13-12-30(4)35-16-17-36-34-15-14-32-28-33(18-20-39(32,5)37(34)19-21-40(35,36)6)48-38(43)41-22-11-26-46-49(44,45)47-27-25-42-23-9-8-10-24-42/h8-10,12-14,23-24,29-31,33-37H,7,11,15-22,25-28H2,1-6H3,(H-,41,43,44,45)/p+1/b13-12+/t30-,31-,33+,34?,35-,36?,37?,39+,40-/m1/s1. The Morgan fingerprint density at radius 1 is 1.04 bits per heavy atom. The van der Waals surface area contributed by atoms with Gasteiger partial charge in [-0.25, -0.2) is 13.9 Å². The maximum Gasteiger partial charge on any atom is 0.472 e. The molecule has 9 heteroatoms. The van der Waals surface area contributed by atoms with Crippen molar-refractivity contribution >= 4 is 13.9 Å². The average Bonchev–Trinajstić information content (AvgIpc) is 3.42. The van der Waals surface area contributed by atoms with Crippen molar-refractivity contribution in [1.29, 1.82) is 0 Å². The van der Waals surface area contributed by atoms with Crippen LogP contribution in [0, 0.1) is 52.3 Å². The third kappa shape index (κ3) is 9.09.